The first-order valence-corrected chi connectivity index (χ1v) is 6.95. The summed E-state index contributed by atoms with van der Waals surface area (Å²) in [5.74, 6) is 0.588. The smallest absolute Gasteiger partial charge is 0.0647 e. The van der Waals surface area contributed by atoms with Crippen molar-refractivity contribution in [3.8, 4) is 0 Å². The quantitative estimate of drug-likeness (QED) is 0.675. The first-order valence-electron chi connectivity index (χ1n) is 6.95. The van der Waals surface area contributed by atoms with Gasteiger partial charge in [0.25, 0.3) is 0 Å². The molecule has 2 unspecified atom stereocenters. The van der Waals surface area contributed by atoms with Crippen molar-refractivity contribution in [3.05, 3.63) is 0 Å². The summed E-state index contributed by atoms with van der Waals surface area (Å²) in [6.45, 7) is 7.82. The van der Waals surface area contributed by atoms with Crippen LogP contribution >= 0.6 is 0 Å². The van der Waals surface area contributed by atoms with Gasteiger partial charge in [-0.1, -0.05) is 0 Å². The zero-order valence-corrected chi connectivity index (χ0v) is 12.3. The molecule has 4 nitrogen and oxygen atoms in total. The summed E-state index contributed by atoms with van der Waals surface area (Å²) in [4.78, 5) is 0. The van der Waals surface area contributed by atoms with Gasteiger partial charge in [0.1, 0.15) is 0 Å². The molecule has 108 valence electrons. The van der Waals surface area contributed by atoms with Crippen molar-refractivity contribution < 1.29 is 14.2 Å². The Morgan fingerprint density at radius 1 is 1.33 bits per heavy atom. The normalized spacial score (nSPS) is 25.3. The van der Waals surface area contributed by atoms with Gasteiger partial charge in [0.15, 0.2) is 0 Å². The van der Waals surface area contributed by atoms with Crippen LogP contribution in [0.25, 0.3) is 0 Å². The highest BCUT2D eigenvalue weighted by molar-refractivity contribution is 4.83. The average molecular weight is 259 g/mol. The van der Waals surface area contributed by atoms with E-state index in [1.54, 1.807) is 14.2 Å². The van der Waals surface area contributed by atoms with E-state index in [4.69, 9.17) is 14.2 Å². The highest BCUT2D eigenvalue weighted by atomic mass is 16.5. The molecule has 0 aromatic rings. The fraction of sp³-hybridized carbons (Fsp3) is 1.00. The minimum Gasteiger partial charge on any atom is -0.383 e. The average Bonchev–Trinajstić information content (AvgIpc) is 2.36. The van der Waals surface area contributed by atoms with Gasteiger partial charge >= 0.3 is 0 Å². The maximum Gasteiger partial charge on any atom is 0.0647 e. The molecule has 0 amide bonds. The molecular weight excluding hydrogens is 230 g/mol. The second-order valence-electron chi connectivity index (χ2n) is 5.68. The fourth-order valence-electron chi connectivity index (χ4n) is 2.39. The zero-order chi connectivity index (χ0) is 13.4. The minimum absolute atomic E-state index is 0.104. The maximum absolute atomic E-state index is 5.93. The van der Waals surface area contributed by atoms with Crippen molar-refractivity contribution in [2.24, 2.45) is 5.92 Å². The highest BCUT2D eigenvalue weighted by Gasteiger charge is 2.31. The molecule has 0 aromatic carbocycles. The van der Waals surface area contributed by atoms with E-state index in [-0.39, 0.29) is 5.60 Å². The van der Waals surface area contributed by atoms with Crippen LogP contribution in [0.2, 0.25) is 0 Å². The van der Waals surface area contributed by atoms with E-state index in [9.17, 15) is 0 Å². The van der Waals surface area contributed by atoms with Crippen molar-refractivity contribution in [2.45, 2.75) is 44.8 Å². The van der Waals surface area contributed by atoms with Crippen LogP contribution < -0.4 is 5.32 Å². The summed E-state index contributed by atoms with van der Waals surface area (Å²) in [6, 6.07) is 0. The van der Waals surface area contributed by atoms with Crippen molar-refractivity contribution in [1.82, 2.24) is 5.32 Å². The number of hydrogen-bond donors (Lipinski definition) is 1. The molecule has 0 radical (unpaired) electrons. The Bertz CT molecular complexity index is 221. The maximum atomic E-state index is 5.93. The summed E-state index contributed by atoms with van der Waals surface area (Å²) >= 11 is 0. The highest BCUT2D eigenvalue weighted by Crippen LogP contribution is 2.28. The van der Waals surface area contributed by atoms with Crippen LogP contribution in [0.5, 0.6) is 0 Å². The molecule has 0 aromatic heterocycles. The van der Waals surface area contributed by atoms with Crippen molar-refractivity contribution >= 4 is 0 Å². The van der Waals surface area contributed by atoms with Crippen LogP contribution in [-0.2, 0) is 14.2 Å². The lowest BCUT2D eigenvalue weighted by Gasteiger charge is -2.36. The van der Waals surface area contributed by atoms with Crippen molar-refractivity contribution in [3.63, 3.8) is 0 Å². The lowest BCUT2D eigenvalue weighted by molar-refractivity contribution is -0.0834. The summed E-state index contributed by atoms with van der Waals surface area (Å²) in [5.41, 5.74) is -0.104. The third-order valence-electron chi connectivity index (χ3n) is 3.71. The number of rotatable bonds is 8. The topological polar surface area (TPSA) is 39.7 Å². The molecule has 0 saturated carbocycles. The summed E-state index contributed by atoms with van der Waals surface area (Å²) in [6.07, 6.45) is 3.68. The minimum atomic E-state index is -0.104. The molecule has 1 aliphatic rings. The molecule has 1 saturated heterocycles. The Hall–Kier alpha value is -0.160. The first-order chi connectivity index (χ1) is 8.59. The van der Waals surface area contributed by atoms with E-state index in [1.165, 1.54) is 12.8 Å². The SMILES string of the molecule is COCCNCC1CCCOC1CC(C)(C)OC. The van der Waals surface area contributed by atoms with E-state index in [0.29, 0.717) is 12.0 Å². The fourth-order valence-corrected chi connectivity index (χ4v) is 2.39. The van der Waals surface area contributed by atoms with Crippen LogP contribution in [0, 0.1) is 5.92 Å². The van der Waals surface area contributed by atoms with Crippen LogP contribution in [0.4, 0.5) is 0 Å². The Kier molecular flexibility index (Phi) is 7.15. The van der Waals surface area contributed by atoms with Crippen LogP contribution in [0.15, 0.2) is 0 Å². The monoisotopic (exact) mass is 259 g/mol. The number of ether oxygens (including phenoxy) is 3. The lowest BCUT2D eigenvalue weighted by Crippen LogP contribution is -2.42. The molecular formula is C14H29NO3. The molecule has 18 heavy (non-hydrogen) atoms. The molecule has 1 fully saturated rings. The molecule has 1 N–H and O–H groups in total. The van der Waals surface area contributed by atoms with E-state index in [1.807, 2.05) is 0 Å². The first kappa shape index (κ1) is 15.9. The number of methoxy groups -OCH3 is 2. The van der Waals surface area contributed by atoms with E-state index < -0.39 is 0 Å². The predicted molar refractivity (Wildman–Crippen MR) is 72.9 cm³/mol. The van der Waals surface area contributed by atoms with Gasteiger partial charge in [0.2, 0.25) is 0 Å². The van der Waals surface area contributed by atoms with Crippen molar-refractivity contribution in [2.75, 3.05) is 40.5 Å². The van der Waals surface area contributed by atoms with Gasteiger partial charge in [-0.15, -0.1) is 0 Å². The summed E-state index contributed by atoms with van der Waals surface area (Å²) in [7, 11) is 3.50. The van der Waals surface area contributed by atoms with E-state index in [0.717, 1.165) is 32.7 Å². The number of hydrogen-bond acceptors (Lipinski definition) is 4. The molecule has 0 aliphatic carbocycles. The van der Waals surface area contributed by atoms with Gasteiger partial charge < -0.3 is 19.5 Å². The number of nitrogens with one attached hydrogen (secondary N) is 1. The second-order valence-corrected chi connectivity index (χ2v) is 5.68. The Morgan fingerprint density at radius 2 is 2.11 bits per heavy atom. The van der Waals surface area contributed by atoms with Crippen molar-refractivity contribution in [1.29, 1.82) is 0 Å². The van der Waals surface area contributed by atoms with Gasteiger partial charge in [0, 0.05) is 40.3 Å². The molecule has 1 heterocycles. The third-order valence-corrected chi connectivity index (χ3v) is 3.71. The second kappa shape index (κ2) is 8.10. The Balaban J connectivity index is 2.37. The largest absolute Gasteiger partial charge is 0.383 e. The Labute approximate surface area is 111 Å². The Morgan fingerprint density at radius 3 is 2.78 bits per heavy atom. The zero-order valence-electron chi connectivity index (χ0n) is 12.3. The van der Waals surface area contributed by atoms with Crippen LogP contribution in [0.3, 0.4) is 0 Å². The molecule has 0 spiro atoms. The van der Waals surface area contributed by atoms with Crippen LogP contribution in [0.1, 0.15) is 33.1 Å². The summed E-state index contributed by atoms with van der Waals surface area (Å²) < 4.78 is 16.5. The standard InChI is InChI=1S/C14H29NO3/c1-14(2,17-4)10-13-12(6-5-8-18-13)11-15-7-9-16-3/h12-13,15H,5-11H2,1-4H3. The molecule has 2 atom stereocenters. The van der Waals surface area contributed by atoms with Crippen LogP contribution in [-0.4, -0.2) is 52.2 Å². The van der Waals surface area contributed by atoms with Gasteiger partial charge in [-0.3, -0.25) is 0 Å². The third kappa shape index (κ3) is 5.65. The summed E-state index contributed by atoms with van der Waals surface area (Å²) in [5, 5.41) is 3.44. The lowest BCUT2D eigenvalue weighted by atomic mass is 9.87. The van der Waals surface area contributed by atoms with E-state index >= 15 is 0 Å². The van der Waals surface area contributed by atoms with Gasteiger partial charge in [-0.2, -0.15) is 0 Å². The van der Waals surface area contributed by atoms with E-state index in [2.05, 4.69) is 19.2 Å². The molecule has 4 heteroatoms. The molecule has 0 bridgehead atoms. The van der Waals surface area contributed by atoms with Gasteiger partial charge in [0.05, 0.1) is 18.3 Å². The predicted octanol–water partition coefficient (Wildman–Crippen LogP) is 1.83. The molecule has 1 aliphatic heterocycles. The molecule has 1 rings (SSSR count). The van der Waals surface area contributed by atoms with Gasteiger partial charge in [-0.05, 0) is 32.6 Å². The van der Waals surface area contributed by atoms with Gasteiger partial charge in [-0.25, -0.2) is 0 Å².